The monoisotopic (exact) mass is 376 g/mol. The average molecular weight is 377 g/mol. The molecule has 2 heterocycles. The Balaban J connectivity index is 1.47. The standard InChI is InChI=1S/C20H28N2O3S/c23-19(15-26-12-11-21-8-1-2-9-21)22-10-4-7-18(14-22)16-5-3-6-17(13-16)20(24)25/h3,5-6,13,18H,1-2,4,7-12,14-15H2,(H,24,25)/t18-/m1/s1. The van der Waals surface area contributed by atoms with Crippen LogP contribution in [0.1, 0.15) is 47.5 Å². The van der Waals surface area contributed by atoms with Gasteiger partial charge in [0.15, 0.2) is 0 Å². The second-order valence-corrected chi connectivity index (χ2v) is 8.32. The van der Waals surface area contributed by atoms with E-state index in [-0.39, 0.29) is 11.8 Å². The van der Waals surface area contributed by atoms with Crippen molar-refractivity contribution in [2.75, 3.05) is 44.2 Å². The fraction of sp³-hybridized carbons (Fsp3) is 0.600. The smallest absolute Gasteiger partial charge is 0.335 e. The minimum Gasteiger partial charge on any atom is -0.478 e. The van der Waals surface area contributed by atoms with Crippen molar-refractivity contribution in [1.82, 2.24) is 9.80 Å². The number of carbonyl (C=O) groups is 2. The van der Waals surface area contributed by atoms with Gasteiger partial charge >= 0.3 is 5.97 Å². The first-order valence-electron chi connectivity index (χ1n) is 9.54. The number of amides is 1. The highest BCUT2D eigenvalue weighted by molar-refractivity contribution is 7.99. The summed E-state index contributed by atoms with van der Waals surface area (Å²) in [6.45, 7) is 5.02. The van der Waals surface area contributed by atoms with E-state index in [2.05, 4.69) is 4.90 Å². The molecule has 0 unspecified atom stereocenters. The molecular formula is C20H28N2O3S. The van der Waals surface area contributed by atoms with Gasteiger partial charge < -0.3 is 14.9 Å². The van der Waals surface area contributed by atoms with E-state index in [1.165, 1.54) is 25.9 Å². The van der Waals surface area contributed by atoms with Gasteiger partial charge in [0.25, 0.3) is 0 Å². The number of carboxylic acids is 1. The molecule has 2 aliphatic rings. The van der Waals surface area contributed by atoms with Crippen molar-refractivity contribution >= 4 is 23.6 Å². The summed E-state index contributed by atoms with van der Waals surface area (Å²) in [5.41, 5.74) is 1.35. The fourth-order valence-electron chi connectivity index (χ4n) is 3.85. The van der Waals surface area contributed by atoms with Gasteiger partial charge in [0.2, 0.25) is 5.91 Å². The van der Waals surface area contributed by atoms with E-state index in [1.54, 1.807) is 30.0 Å². The van der Waals surface area contributed by atoms with Crippen LogP contribution in [0.15, 0.2) is 24.3 Å². The Kier molecular flexibility index (Phi) is 6.97. The van der Waals surface area contributed by atoms with Crippen LogP contribution >= 0.6 is 11.8 Å². The summed E-state index contributed by atoms with van der Waals surface area (Å²) in [6.07, 6.45) is 4.60. The second-order valence-electron chi connectivity index (χ2n) is 7.21. The number of carboxylic acid groups (broad SMARTS) is 1. The van der Waals surface area contributed by atoms with Crippen LogP contribution in [0.25, 0.3) is 0 Å². The highest BCUT2D eigenvalue weighted by Crippen LogP contribution is 2.28. The first-order valence-corrected chi connectivity index (χ1v) is 10.7. The summed E-state index contributed by atoms with van der Waals surface area (Å²) in [6, 6.07) is 7.16. The zero-order chi connectivity index (χ0) is 18.4. The van der Waals surface area contributed by atoms with Gasteiger partial charge in [-0.1, -0.05) is 12.1 Å². The summed E-state index contributed by atoms with van der Waals surface area (Å²) in [5, 5.41) is 9.18. The highest BCUT2D eigenvalue weighted by Gasteiger charge is 2.25. The Morgan fingerprint density at radius 3 is 2.73 bits per heavy atom. The van der Waals surface area contributed by atoms with Crippen LogP contribution in [-0.4, -0.2) is 71.0 Å². The number of hydrogen-bond acceptors (Lipinski definition) is 4. The zero-order valence-corrected chi connectivity index (χ0v) is 16.0. The third kappa shape index (κ3) is 5.24. The van der Waals surface area contributed by atoms with E-state index in [0.717, 1.165) is 37.2 Å². The van der Waals surface area contributed by atoms with Gasteiger partial charge in [0.05, 0.1) is 11.3 Å². The molecule has 1 aromatic carbocycles. The quantitative estimate of drug-likeness (QED) is 0.742. The number of piperidine rings is 1. The number of likely N-dealkylation sites (tertiary alicyclic amines) is 2. The number of aromatic carboxylic acids is 1. The molecule has 1 aromatic rings. The number of rotatable bonds is 7. The molecule has 3 rings (SSSR count). The lowest BCUT2D eigenvalue weighted by molar-refractivity contribution is -0.129. The van der Waals surface area contributed by atoms with E-state index < -0.39 is 5.97 Å². The normalized spacial score (nSPS) is 21.1. The van der Waals surface area contributed by atoms with E-state index in [4.69, 9.17) is 0 Å². The van der Waals surface area contributed by atoms with E-state index in [1.807, 2.05) is 11.0 Å². The largest absolute Gasteiger partial charge is 0.478 e. The Bertz CT molecular complexity index is 631. The molecule has 0 saturated carbocycles. The predicted molar refractivity (Wildman–Crippen MR) is 105 cm³/mol. The molecule has 5 nitrogen and oxygen atoms in total. The number of nitrogens with zero attached hydrogens (tertiary/aromatic N) is 2. The minimum atomic E-state index is -0.898. The van der Waals surface area contributed by atoms with Crippen molar-refractivity contribution < 1.29 is 14.7 Å². The molecule has 2 saturated heterocycles. The Morgan fingerprint density at radius 1 is 1.15 bits per heavy atom. The molecule has 0 aromatic heterocycles. The van der Waals surface area contributed by atoms with Crippen molar-refractivity contribution in [3.8, 4) is 0 Å². The maximum absolute atomic E-state index is 12.5. The fourth-order valence-corrected chi connectivity index (χ4v) is 4.74. The first-order chi connectivity index (χ1) is 12.6. The van der Waals surface area contributed by atoms with Gasteiger partial charge in [-0.3, -0.25) is 4.79 Å². The molecule has 0 aliphatic carbocycles. The SMILES string of the molecule is O=C(O)c1cccc([C@@H]2CCCN(C(=O)CSCCN3CCCC3)C2)c1. The van der Waals surface area contributed by atoms with Crippen LogP contribution in [0, 0.1) is 0 Å². The summed E-state index contributed by atoms with van der Waals surface area (Å²) in [5.74, 6) is 1.13. The molecule has 0 spiro atoms. The third-order valence-electron chi connectivity index (χ3n) is 5.36. The molecule has 6 heteroatoms. The summed E-state index contributed by atoms with van der Waals surface area (Å²) in [7, 11) is 0. The maximum Gasteiger partial charge on any atom is 0.335 e. The zero-order valence-electron chi connectivity index (χ0n) is 15.2. The molecular weight excluding hydrogens is 348 g/mol. The molecule has 2 fully saturated rings. The van der Waals surface area contributed by atoms with Gasteiger partial charge in [0.1, 0.15) is 0 Å². The van der Waals surface area contributed by atoms with Crippen molar-refractivity contribution in [1.29, 1.82) is 0 Å². The van der Waals surface area contributed by atoms with Crippen LogP contribution in [0.5, 0.6) is 0 Å². The molecule has 1 atom stereocenters. The first kappa shape index (κ1) is 19.2. The van der Waals surface area contributed by atoms with Crippen LogP contribution in [0.4, 0.5) is 0 Å². The number of benzene rings is 1. The maximum atomic E-state index is 12.5. The second kappa shape index (κ2) is 9.42. The van der Waals surface area contributed by atoms with Crippen molar-refractivity contribution in [3.05, 3.63) is 35.4 Å². The Morgan fingerprint density at radius 2 is 1.96 bits per heavy atom. The van der Waals surface area contributed by atoms with Crippen LogP contribution in [0.3, 0.4) is 0 Å². The van der Waals surface area contributed by atoms with Crippen LogP contribution < -0.4 is 0 Å². The molecule has 2 aliphatic heterocycles. The van der Waals surface area contributed by atoms with Crippen molar-refractivity contribution in [2.24, 2.45) is 0 Å². The van der Waals surface area contributed by atoms with E-state index in [9.17, 15) is 14.7 Å². The molecule has 26 heavy (non-hydrogen) atoms. The highest BCUT2D eigenvalue weighted by atomic mass is 32.2. The number of carbonyl (C=O) groups excluding carboxylic acids is 1. The minimum absolute atomic E-state index is 0.218. The third-order valence-corrected chi connectivity index (χ3v) is 6.28. The van der Waals surface area contributed by atoms with Gasteiger partial charge in [-0.05, 0) is 56.5 Å². The summed E-state index contributed by atoms with van der Waals surface area (Å²) in [4.78, 5) is 28.2. The topological polar surface area (TPSA) is 60.9 Å². The predicted octanol–water partition coefficient (Wildman–Crippen LogP) is 2.92. The molecule has 0 bridgehead atoms. The Labute approximate surface area is 159 Å². The molecule has 1 amide bonds. The lowest BCUT2D eigenvalue weighted by atomic mass is 9.89. The number of hydrogen-bond donors (Lipinski definition) is 1. The van der Waals surface area contributed by atoms with E-state index >= 15 is 0 Å². The van der Waals surface area contributed by atoms with Crippen LogP contribution in [-0.2, 0) is 4.79 Å². The molecule has 0 radical (unpaired) electrons. The van der Waals surface area contributed by atoms with Crippen molar-refractivity contribution in [3.63, 3.8) is 0 Å². The van der Waals surface area contributed by atoms with Crippen molar-refractivity contribution in [2.45, 2.75) is 31.6 Å². The average Bonchev–Trinajstić information content (AvgIpc) is 3.19. The van der Waals surface area contributed by atoms with Gasteiger partial charge in [0, 0.05) is 31.3 Å². The van der Waals surface area contributed by atoms with Gasteiger partial charge in [-0.15, -0.1) is 0 Å². The lowest BCUT2D eigenvalue weighted by Crippen LogP contribution is -2.40. The summed E-state index contributed by atoms with van der Waals surface area (Å²) >= 11 is 1.73. The van der Waals surface area contributed by atoms with Gasteiger partial charge in [-0.2, -0.15) is 11.8 Å². The molecule has 142 valence electrons. The van der Waals surface area contributed by atoms with E-state index in [0.29, 0.717) is 17.9 Å². The van der Waals surface area contributed by atoms with Crippen LogP contribution in [0.2, 0.25) is 0 Å². The lowest BCUT2D eigenvalue weighted by Gasteiger charge is -2.33. The Hall–Kier alpha value is -1.53. The van der Waals surface area contributed by atoms with Gasteiger partial charge in [-0.25, -0.2) is 4.79 Å². The molecule has 1 N–H and O–H groups in total. The summed E-state index contributed by atoms with van der Waals surface area (Å²) < 4.78 is 0. The number of thioether (sulfide) groups is 1.